The molecule has 1 aromatic rings. The third kappa shape index (κ3) is 4.55. The summed E-state index contributed by atoms with van der Waals surface area (Å²) < 4.78 is 0. The van der Waals surface area contributed by atoms with Crippen molar-refractivity contribution >= 4 is 5.91 Å². The lowest BCUT2D eigenvalue weighted by molar-refractivity contribution is -0.131. The van der Waals surface area contributed by atoms with Gasteiger partial charge < -0.3 is 10.6 Å². The van der Waals surface area contributed by atoms with Gasteiger partial charge in [0.1, 0.15) is 0 Å². The van der Waals surface area contributed by atoms with Gasteiger partial charge in [-0.15, -0.1) is 0 Å². The van der Waals surface area contributed by atoms with Crippen LogP contribution in [-0.2, 0) is 11.3 Å². The number of amides is 1. The molecule has 0 unspecified atom stereocenters. The lowest BCUT2D eigenvalue weighted by Crippen LogP contribution is -2.49. The van der Waals surface area contributed by atoms with Gasteiger partial charge in [0.2, 0.25) is 5.91 Å². The molecule has 0 aliphatic carbocycles. The Hall–Kier alpha value is -1.39. The van der Waals surface area contributed by atoms with Crippen molar-refractivity contribution in [2.75, 3.05) is 20.1 Å². The summed E-state index contributed by atoms with van der Waals surface area (Å²) in [5.74, 6) is 0.0280. The van der Waals surface area contributed by atoms with E-state index in [-0.39, 0.29) is 5.91 Å². The van der Waals surface area contributed by atoms with Crippen LogP contribution in [0, 0.1) is 0 Å². The molecule has 1 aromatic carbocycles. The molecule has 4 nitrogen and oxygen atoms in total. The molecule has 1 heterocycles. The summed E-state index contributed by atoms with van der Waals surface area (Å²) in [6.45, 7) is 4.60. The highest BCUT2D eigenvalue weighted by molar-refractivity contribution is 5.80. The van der Waals surface area contributed by atoms with Gasteiger partial charge in [0.05, 0.1) is 6.04 Å². The van der Waals surface area contributed by atoms with Crippen LogP contribution < -0.4 is 5.73 Å². The molecule has 2 N–H and O–H groups in total. The Labute approximate surface area is 127 Å². The van der Waals surface area contributed by atoms with E-state index in [1.165, 1.54) is 18.4 Å². The zero-order valence-electron chi connectivity index (χ0n) is 13.2. The van der Waals surface area contributed by atoms with Crippen molar-refractivity contribution in [1.29, 1.82) is 0 Å². The van der Waals surface area contributed by atoms with Gasteiger partial charge in [0.15, 0.2) is 0 Å². The molecule has 1 aliphatic rings. The summed E-state index contributed by atoms with van der Waals surface area (Å²) >= 11 is 0. The Morgan fingerprint density at radius 1 is 1.38 bits per heavy atom. The standard InChI is InChI=1S/C17H27N3O/c1-14(18)17(21)19(2)13-16-10-6-7-11-20(16)12-15-8-4-3-5-9-15/h3-5,8-9,14,16H,6-7,10-13,18H2,1-2H3/t14-,16+/m0/s1. The van der Waals surface area contributed by atoms with E-state index in [0.29, 0.717) is 6.04 Å². The highest BCUT2D eigenvalue weighted by Gasteiger charge is 2.25. The Morgan fingerprint density at radius 3 is 2.76 bits per heavy atom. The van der Waals surface area contributed by atoms with Crippen LogP contribution in [-0.4, -0.2) is 47.9 Å². The van der Waals surface area contributed by atoms with Crippen LogP contribution in [0.5, 0.6) is 0 Å². The number of nitrogens with two attached hydrogens (primary N) is 1. The number of carbonyl (C=O) groups excluding carboxylic acids is 1. The van der Waals surface area contributed by atoms with Crippen LogP contribution in [0.15, 0.2) is 30.3 Å². The zero-order valence-corrected chi connectivity index (χ0v) is 13.2. The molecule has 0 aromatic heterocycles. The molecule has 2 rings (SSSR count). The van der Waals surface area contributed by atoms with Crippen molar-refractivity contribution in [1.82, 2.24) is 9.80 Å². The van der Waals surface area contributed by atoms with Gasteiger partial charge in [-0.05, 0) is 31.9 Å². The first-order valence-electron chi connectivity index (χ1n) is 7.86. The van der Waals surface area contributed by atoms with E-state index in [1.807, 2.05) is 13.1 Å². The Morgan fingerprint density at radius 2 is 2.10 bits per heavy atom. The van der Waals surface area contributed by atoms with Gasteiger partial charge in [-0.2, -0.15) is 0 Å². The fraction of sp³-hybridized carbons (Fsp3) is 0.588. The highest BCUT2D eigenvalue weighted by atomic mass is 16.2. The molecule has 1 amide bonds. The summed E-state index contributed by atoms with van der Waals surface area (Å²) in [5.41, 5.74) is 7.03. The first-order chi connectivity index (χ1) is 10.1. The van der Waals surface area contributed by atoms with Crippen molar-refractivity contribution in [3.63, 3.8) is 0 Å². The molecular formula is C17H27N3O. The van der Waals surface area contributed by atoms with Crippen LogP contribution >= 0.6 is 0 Å². The van der Waals surface area contributed by atoms with Crippen molar-refractivity contribution in [2.45, 2.75) is 44.8 Å². The largest absolute Gasteiger partial charge is 0.343 e. The maximum Gasteiger partial charge on any atom is 0.238 e. The number of likely N-dealkylation sites (tertiary alicyclic amines) is 1. The van der Waals surface area contributed by atoms with Crippen molar-refractivity contribution in [3.8, 4) is 0 Å². The average Bonchev–Trinajstić information content (AvgIpc) is 2.49. The van der Waals surface area contributed by atoms with Crippen molar-refractivity contribution < 1.29 is 4.79 Å². The van der Waals surface area contributed by atoms with E-state index in [9.17, 15) is 4.79 Å². The Balaban J connectivity index is 1.97. The normalized spacial score (nSPS) is 21.0. The van der Waals surface area contributed by atoms with Crippen molar-refractivity contribution in [3.05, 3.63) is 35.9 Å². The lowest BCUT2D eigenvalue weighted by atomic mass is 10.0. The molecule has 0 bridgehead atoms. The minimum absolute atomic E-state index is 0.0280. The number of piperidine rings is 1. The summed E-state index contributed by atoms with van der Waals surface area (Å²) in [4.78, 5) is 16.3. The molecular weight excluding hydrogens is 262 g/mol. The minimum atomic E-state index is -0.416. The predicted molar refractivity (Wildman–Crippen MR) is 85.8 cm³/mol. The van der Waals surface area contributed by atoms with Crippen LogP contribution in [0.4, 0.5) is 0 Å². The van der Waals surface area contributed by atoms with Gasteiger partial charge in [-0.25, -0.2) is 0 Å². The first kappa shape index (κ1) is 16.0. The third-order valence-corrected chi connectivity index (χ3v) is 4.23. The quantitative estimate of drug-likeness (QED) is 0.900. The number of carbonyl (C=O) groups is 1. The van der Waals surface area contributed by atoms with E-state index in [0.717, 1.165) is 26.1 Å². The van der Waals surface area contributed by atoms with E-state index >= 15 is 0 Å². The van der Waals surface area contributed by atoms with Gasteiger partial charge in [-0.1, -0.05) is 36.8 Å². The Kier molecular flexibility index (Phi) is 5.76. The third-order valence-electron chi connectivity index (χ3n) is 4.23. The number of hydrogen-bond donors (Lipinski definition) is 1. The number of benzene rings is 1. The van der Waals surface area contributed by atoms with E-state index in [2.05, 4.69) is 29.2 Å². The van der Waals surface area contributed by atoms with E-state index < -0.39 is 6.04 Å². The van der Waals surface area contributed by atoms with Crippen LogP contribution in [0.2, 0.25) is 0 Å². The van der Waals surface area contributed by atoms with Gasteiger partial charge in [-0.3, -0.25) is 9.69 Å². The SMILES string of the molecule is C[C@H](N)C(=O)N(C)C[C@H]1CCCCN1Cc1ccccc1. The molecule has 1 aliphatic heterocycles. The molecule has 4 heteroatoms. The van der Waals surface area contributed by atoms with Gasteiger partial charge in [0, 0.05) is 26.2 Å². The second kappa shape index (κ2) is 7.57. The van der Waals surface area contributed by atoms with Crippen LogP contribution in [0.25, 0.3) is 0 Å². The molecule has 1 fully saturated rings. The summed E-state index contributed by atoms with van der Waals surface area (Å²) in [6, 6.07) is 10.6. The van der Waals surface area contributed by atoms with E-state index in [1.54, 1.807) is 11.8 Å². The molecule has 21 heavy (non-hydrogen) atoms. The summed E-state index contributed by atoms with van der Waals surface area (Å²) in [7, 11) is 1.86. The lowest BCUT2D eigenvalue weighted by Gasteiger charge is -2.38. The number of nitrogens with zero attached hydrogens (tertiary/aromatic N) is 2. The first-order valence-corrected chi connectivity index (χ1v) is 7.86. The second-order valence-corrected chi connectivity index (χ2v) is 6.11. The monoisotopic (exact) mass is 289 g/mol. The summed E-state index contributed by atoms with van der Waals surface area (Å²) in [6.07, 6.45) is 3.65. The van der Waals surface area contributed by atoms with E-state index in [4.69, 9.17) is 5.73 Å². The van der Waals surface area contributed by atoms with Gasteiger partial charge >= 0.3 is 0 Å². The molecule has 0 spiro atoms. The maximum absolute atomic E-state index is 12.0. The zero-order chi connectivity index (χ0) is 15.2. The molecule has 116 valence electrons. The van der Waals surface area contributed by atoms with Crippen LogP contribution in [0.1, 0.15) is 31.7 Å². The molecule has 0 radical (unpaired) electrons. The maximum atomic E-state index is 12.0. The fourth-order valence-electron chi connectivity index (χ4n) is 3.05. The Bertz CT molecular complexity index is 447. The molecule has 0 saturated carbocycles. The highest BCUT2D eigenvalue weighted by Crippen LogP contribution is 2.20. The van der Waals surface area contributed by atoms with Gasteiger partial charge in [0.25, 0.3) is 0 Å². The number of hydrogen-bond acceptors (Lipinski definition) is 3. The number of rotatable bonds is 5. The van der Waals surface area contributed by atoms with Crippen molar-refractivity contribution in [2.24, 2.45) is 5.73 Å². The fourth-order valence-corrected chi connectivity index (χ4v) is 3.05. The average molecular weight is 289 g/mol. The molecule has 2 atom stereocenters. The smallest absolute Gasteiger partial charge is 0.238 e. The number of likely N-dealkylation sites (N-methyl/N-ethyl adjacent to an activating group) is 1. The van der Waals surface area contributed by atoms with Crippen LogP contribution in [0.3, 0.4) is 0 Å². The second-order valence-electron chi connectivity index (χ2n) is 6.11. The molecule has 1 saturated heterocycles. The predicted octanol–water partition coefficient (Wildman–Crippen LogP) is 1.85. The topological polar surface area (TPSA) is 49.6 Å². The summed E-state index contributed by atoms with van der Waals surface area (Å²) in [5, 5.41) is 0. The minimum Gasteiger partial charge on any atom is -0.343 e.